The molecule has 4 nitrogen and oxygen atoms in total. The minimum atomic E-state index is -0.297. The van der Waals surface area contributed by atoms with Crippen LogP contribution < -0.4 is 9.64 Å². The molecule has 0 aliphatic carbocycles. The summed E-state index contributed by atoms with van der Waals surface area (Å²) in [4.78, 5) is 14.1. The molecule has 1 aromatic rings. The third-order valence-corrected chi connectivity index (χ3v) is 3.55. The maximum Gasteiger partial charge on any atom is 0.414 e. The van der Waals surface area contributed by atoms with Crippen LogP contribution in [0.2, 0.25) is 0 Å². The van der Waals surface area contributed by atoms with Gasteiger partial charge in [-0.2, -0.15) is 0 Å². The third kappa shape index (κ3) is 3.62. The molecule has 1 amide bonds. The van der Waals surface area contributed by atoms with Crippen LogP contribution in [-0.4, -0.2) is 25.3 Å². The van der Waals surface area contributed by atoms with Gasteiger partial charge in [0.2, 0.25) is 0 Å². The predicted octanol–water partition coefficient (Wildman–Crippen LogP) is 4.49. The highest BCUT2D eigenvalue weighted by Gasteiger charge is 2.31. The van der Waals surface area contributed by atoms with Crippen molar-refractivity contribution in [1.82, 2.24) is 0 Å². The number of benzene rings is 1. The lowest BCUT2D eigenvalue weighted by Crippen LogP contribution is -2.44. The number of carbonyl (C=O) groups is 1. The summed E-state index contributed by atoms with van der Waals surface area (Å²) in [6.45, 7) is 9.04. The monoisotopic (exact) mass is 303 g/mol. The molecule has 120 valence electrons. The molecule has 1 atom stereocenters. The molecule has 0 saturated heterocycles. The SMILES string of the molecule is C/C=C\c1cccc2c1OC(CC)CN2C(=O)OCC(C)C. The lowest BCUT2D eigenvalue weighted by Gasteiger charge is -2.34. The maximum atomic E-state index is 12.4. The molecule has 0 N–H and O–H groups in total. The van der Waals surface area contributed by atoms with Crippen molar-refractivity contribution in [3.63, 3.8) is 0 Å². The number of nitrogens with zero attached hydrogens (tertiary/aromatic N) is 1. The van der Waals surface area contributed by atoms with Gasteiger partial charge in [0.05, 0.1) is 18.8 Å². The van der Waals surface area contributed by atoms with Gasteiger partial charge < -0.3 is 9.47 Å². The predicted molar refractivity (Wildman–Crippen MR) is 89.4 cm³/mol. The second-order valence-corrected chi connectivity index (χ2v) is 5.92. The molecule has 1 aromatic carbocycles. The number of anilines is 1. The normalized spacial score (nSPS) is 17.5. The number of hydrogen-bond acceptors (Lipinski definition) is 3. The van der Waals surface area contributed by atoms with Gasteiger partial charge in [-0.05, 0) is 25.3 Å². The van der Waals surface area contributed by atoms with Crippen LogP contribution in [0.15, 0.2) is 24.3 Å². The quantitative estimate of drug-likeness (QED) is 0.822. The molecule has 1 unspecified atom stereocenters. The maximum absolute atomic E-state index is 12.4. The highest BCUT2D eigenvalue weighted by atomic mass is 16.6. The molecule has 2 rings (SSSR count). The van der Waals surface area contributed by atoms with Crippen molar-refractivity contribution in [3.05, 3.63) is 29.8 Å². The number of carbonyl (C=O) groups excluding carboxylic acids is 1. The number of rotatable bonds is 4. The number of fused-ring (bicyclic) bond motifs is 1. The first-order valence-electron chi connectivity index (χ1n) is 7.93. The highest BCUT2D eigenvalue weighted by molar-refractivity contribution is 5.91. The summed E-state index contributed by atoms with van der Waals surface area (Å²) < 4.78 is 11.5. The molecule has 0 radical (unpaired) electrons. The molecule has 0 bridgehead atoms. The Balaban J connectivity index is 2.33. The van der Waals surface area contributed by atoms with E-state index >= 15 is 0 Å². The van der Waals surface area contributed by atoms with Crippen LogP contribution >= 0.6 is 0 Å². The Kier molecular flexibility index (Phi) is 5.47. The van der Waals surface area contributed by atoms with E-state index in [9.17, 15) is 4.79 Å². The highest BCUT2D eigenvalue weighted by Crippen LogP contribution is 2.38. The first kappa shape index (κ1) is 16.4. The zero-order valence-corrected chi connectivity index (χ0v) is 13.8. The van der Waals surface area contributed by atoms with Crippen molar-refractivity contribution in [2.24, 2.45) is 5.92 Å². The minimum Gasteiger partial charge on any atom is -0.486 e. The molecule has 0 spiro atoms. The second-order valence-electron chi connectivity index (χ2n) is 5.92. The fourth-order valence-electron chi connectivity index (χ4n) is 2.40. The van der Waals surface area contributed by atoms with Gasteiger partial charge in [0.15, 0.2) is 5.75 Å². The number of para-hydroxylation sites is 1. The van der Waals surface area contributed by atoms with Crippen LogP contribution in [-0.2, 0) is 4.74 Å². The summed E-state index contributed by atoms with van der Waals surface area (Å²) in [6.07, 6.45) is 4.50. The Labute approximate surface area is 132 Å². The number of amides is 1. The van der Waals surface area contributed by atoms with E-state index in [1.807, 2.05) is 51.1 Å². The van der Waals surface area contributed by atoms with E-state index in [0.29, 0.717) is 19.1 Å². The molecule has 1 aliphatic rings. The van der Waals surface area contributed by atoms with Crippen LogP contribution in [0.1, 0.15) is 39.7 Å². The van der Waals surface area contributed by atoms with Crippen molar-refractivity contribution in [2.75, 3.05) is 18.1 Å². The zero-order chi connectivity index (χ0) is 16.1. The summed E-state index contributed by atoms with van der Waals surface area (Å²) in [6, 6.07) is 5.84. The fourth-order valence-corrected chi connectivity index (χ4v) is 2.40. The summed E-state index contributed by atoms with van der Waals surface area (Å²) >= 11 is 0. The molecule has 0 aromatic heterocycles. The van der Waals surface area contributed by atoms with Gasteiger partial charge in [-0.15, -0.1) is 0 Å². The Morgan fingerprint density at radius 2 is 2.27 bits per heavy atom. The minimum absolute atomic E-state index is 0.00879. The van der Waals surface area contributed by atoms with E-state index in [1.54, 1.807) is 4.90 Å². The third-order valence-electron chi connectivity index (χ3n) is 3.55. The molecular formula is C18H25NO3. The van der Waals surface area contributed by atoms with Gasteiger partial charge in [-0.1, -0.05) is 45.1 Å². The van der Waals surface area contributed by atoms with Gasteiger partial charge in [0, 0.05) is 5.56 Å². The van der Waals surface area contributed by atoms with Gasteiger partial charge in [0.25, 0.3) is 0 Å². The van der Waals surface area contributed by atoms with Gasteiger partial charge in [0.1, 0.15) is 6.10 Å². The average Bonchev–Trinajstić information content (AvgIpc) is 2.52. The van der Waals surface area contributed by atoms with E-state index in [-0.39, 0.29) is 12.2 Å². The lowest BCUT2D eigenvalue weighted by atomic mass is 10.1. The summed E-state index contributed by atoms with van der Waals surface area (Å²) in [5, 5.41) is 0. The van der Waals surface area contributed by atoms with Gasteiger partial charge in [-0.25, -0.2) is 4.79 Å². The Morgan fingerprint density at radius 3 is 2.91 bits per heavy atom. The van der Waals surface area contributed by atoms with E-state index in [0.717, 1.165) is 23.4 Å². The van der Waals surface area contributed by atoms with Crippen LogP contribution in [0.3, 0.4) is 0 Å². The standard InChI is InChI=1S/C18H25NO3/c1-5-8-14-9-7-10-16-17(14)22-15(6-2)11-19(16)18(20)21-12-13(3)4/h5,7-10,13,15H,6,11-12H2,1-4H3/b8-5-. The van der Waals surface area contributed by atoms with Crippen LogP contribution in [0.4, 0.5) is 10.5 Å². The number of hydrogen-bond donors (Lipinski definition) is 0. The van der Waals surface area contributed by atoms with E-state index in [1.165, 1.54) is 0 Å². The fraction of sp³-hybridized carbons (Fsp3) is 0.500. The molecule has 0 saturated carbocycles. The van der Waals surface area contributed by atoms with Crippen molar-refractivity contribution in [2.45, 2.75) is 40.2 Å². The second kappa shape index (κ2) is 7.34. The summed E-state index contributed by atoms with van der Waals surface area (Å²) in [5.74, 6) is 1.08. The van der Waals surface area contributed by atoms with Crippen molar-refractivity contribution in [1.29, 1.82) is 0 Å². The number of allylic oxidation sites excluding steroid dienone is 1. The van der Waals surface area contributed by atoms with Crippen LogP contribution in [0.5, 0.6) is 5.75 Å². The number of ether oxygens (including phenoxy) is 2. The van der Waals surface area contributed by atoms with Crippen molar-refractivity contribution >= 4 is 17.9 Å². The molecular weight excluding hydrogens is 278 g/mol. The molecule has 0 fully saturated rings. The van der Waals surface area contributed by atoms with Crippen molar-refractivity contribution in [3.8, 4) is 5.75 Å². The van der Waals surface area contributed by atoms with E-state index < -0.39 is 0 Å². The topological polar surface area (TPSA) is 38.8 Å². The molecule has 22 heavy (non-hydrogen) atoms. The first-order chi connectivity index (χ1) is 10.6. The van der Waals surface area contributed by atoms with E-state index in [4.69, 9.17) is 9.47 Å². The lowest BCUT2D eigenvalue weighted by molar-refractivity contribution is 0.129. The van der Waals surface area contributed by atoms with Crippen molar-refractivity contribution < 1.29 is 14.3 Å². The van der Waals surface area contributed by atoms with Crippen LogP contribution in [0.25, 0.3) is 6.08 Å². The smallest absolute Gasteiger partial charge is 0.414 e. The van der Waals surface area contributed by atoms with E-state index in [2.05, 4.69) is 6.92 Å². The van der Waals surface area contributed by atoms with Gasteiger partial charge in [-0.3, -0.25) is 4.90 Å². The Hall–Kier alpha value is -1.97. The average molecular weight is 303 g/mol. The molecule has 1 aliphatic heterocycles. The first-order valence-corrected chi connectivity index (χ1v) is 7.93. The van der Waals surface area contributed by atoms with Gasteiger partial charge >= 0.3 is 6.09 Å². The Bertz CT molecular complexity index is 551. The largest absolute Gasteiger partial charge is 0.486 e. The summed E-state index contributed by atoms with van der Waals surface area (Å²) in [7, 11) is 0. The van der Waals surface area contributed by atoms with Crippen LogP contribution in [0, 0.1) is 5.92 Å². The zero-order valence-electron chi connectivity index (χ0n) is 13.8. The molecule has 1 heterocycles. The Morgan fingerprint density at radius 1 is 1.50 bits per heavy atom. The summed E-state index contributed by atoms with van der Waals surface area (Å²) in [5.41, 5.74) is 1.77. The molecule has 4 heteroatoms.